The van der Waals surface area contributed by atoms with E-state index in [1.165, 1.54) is 19.3 Å². The van der Waals surface area contributed by atoms with Gasteiger partial charge in [-0.3, -0.25) is 4.90 Å². The van der Waals surface area contributed by atoms with Crippen LogP contribution in [-0.2, 0) is 4.74 Å². The van der Waals surface area contributed by atoms with Crippen LogP contribution in [0.15, 0.2) is 0 Å². The summed E-state index contributed by atoms with van der Waals surface area (Å²) in [5, 5.41) is 3.56. The lowest BCUT2D eigenvalue weighted by Crippen LogP contribution is -2.59. The molecule has 2 rings (SSSR count). The van der Waals surface area contributed by atoms with E-state index in [2.05, 4.69) is 31.1 Å². The summed E-state index contributed by atoms with van der Waals surface area (Å²) in [6, 6.07) is 1.33. The molecule has 2 aliphatic rings. The summed E-state index contributed by atoms with van der Waals surface area (Å²) in [6.07, 6.45) is 4.06. The third-order valence-corrected chi connectivity index (χ3v) is 4.37. The highest BCUT2D eigenvalue weighted by molar-refractivity contribution is 4.97. The topological polar surface area (TPSA) is 24.5 Å². The Labute approximate surface area is 99.5 Å². The van der Waals surface area contributed by atoms with E-state index in [1.54, 1.807) is 0 Å². The van der Waals surface area contributed by atoms with E-state index in [0.29, 0.717) is 17.5 Å². The molecule has 0 aromatic carbocycles. The Morgan fingerprint density at radius 1 is 1.25 bits per heavy atom. The first kappa shape index (κ1) is 12.3. The van der Waals surface area contributed by atoms with Gasteiger partial charge in [-0.1, -0.05) is 20.3 Å². The molecular formula is C13H26N2O. The smallest absolute Gasteiger partial charge is 0.0594 e. The lowest BCUT2D eigenvalue weighted by molar-refractivity contribution is -0.0205. The van der Waals surface area contributed by atoms with E-state index in [0.717, 1.165) is 26.3 Å². The van der Waals surface area contributed by atoms with Crippen molar-refractivity contribution in [3.8, 4) is 0 Å². The molecule has 3 nitrogen and oxygen atoms in total. The molecule has 0 radical (unpaired) electrons. The molecule has 2 fully saturated rings. The predicted molar refractivity (Wildman–Crippen MR) is 66.7 cm³/mol. The Kier molecular flexibility index (Phi) is 3.88. The van der Waals surface area contributed by atoms with Crippen LogP contribution < -0.4 is 5.32 Å². The van der Waals surface area contributed by atoms with E-state index >= 15 is 0 Å². The fourth-order valence-electron chi connectivity index (χ4n) is 3.50. The van der Waals surface area contributed by atoms with Gasteiger partial charge in [0.2, 0.25) is 0 Å². The number of ether oxygens (including phenoxy) is 1. The molecule has 1 N–H and O–H groups in total. The highest BCUT2D eigenvalue weighted by Crippen LogP contribution is 2.37. The second kappa shape index (κ2) is 5.03. The number of hydrogen-bond donors (Lipinski definition) is 1. The molecule has 2 unspecified atom stereocenters. The molecule has 1 saturated heterocycles. The van der Waals surface area contributed by atoms with Gasteiger partial charge in [-0.05, 0) is 25.3 Å². The molecule has 0 bridgehead atoms. The Hall–Kier alpha value is -0.120. The Morgan fingerprint density at radius 3 is 2.56 bits per heavy atom. The minimum absolute atomic E-state index is 0.427. The van der Waals surface area contributed by atoms with Gasteiger partial charge in [0.1, 0.15) is 0 Å². The van der Waals surface area contributed by atoms with Crippen LogP contribution >= 0.6 is 0 Å². The normalized spacial score (nSPS) is 36.2. The largest absolute Gasteiger partial charge is 0.379 e. The van der Waals surface area contributed by atoms with E-state index in [1.807, 2.05) is 0 Å². The molecule has 0 aromatic heterocycles. The van der Waals surface area contributed by atoms with Gasteiger partial charge < -0.3 is 10.1 Å². The minimum atomic E-state index is 0.427. The van der Waals surface area contributed by atoms with Crippen LogP contribution in [0, 0.1) is 5.41 Å². The van der Waals surface area contributed by atoms with Crippen molar-refractivity contribution < 1.29 is 4.74 Å². The zero-order valence-electron chi connectivity index (χ0n) is 11.0. The molecule has 0 aromatic rings. The number of nitrogens with zero attached hydrogens (tertiary/aromatic N) is 1. The summed E-state index contributed by atoms with van der Waals surface area (Å²) in [6.45, 7) is 8.85. The lowest BCUT2D eigenvalue weighted by atomic mass is 9.70. The van der Waals surface area contributed by atoms with Crippen LogP contribution in [0.1, 0.15) is 33.1 Å². The second-order valence-electron chi connectivity index (χ2n) is 5.86. The molecule has 16 heavy (non-hydrogen) atoms. The summed E-state index contributed by atoms with van der Waals surface area (Å²) in [4.78, 5) is 2.63. The van der Waals surface area contributed by atoms with Gasteiger partial charge in [0.05, 0.1) is 13.2 Å². The average molecular weight is 226 g/mol. The number of morpholine rings is 1. The highest BCUT2D eigenvalue weighted by atomic mass is 16.5. The predicted octanol–water partition coefficient (Wildman–Crippen LogP) is 1.49. The van der Waals surface area contributed by atoms with Gasteiger partial charge >= 0.3 is 0 Å². The maximum Gasteiger partial charge on any atom is 0.0594 e. The van der Waals surface area contributed by atoms with E-state index in [4.69, 9.17) is 4.74 Å². The zero-order valence-corrected chi connectivity index (χ0v) is 11.0. The molecular weight excluding hydrogens is 200 g/mol. The van der Waals surface area contributed by atoms with E-state index in [9.17, 15) is 0 Å². The summed E-state index contributed by atoms with van der Waals surface area (Å²) in [5.41, 5.74) is 0.427. The van der Waals surface area contributed by atoms with Gasteiger partial charge in [0, 0.05) is 25.2 Å². The zero-order chi connectivity index (χ0) is 11.6. The molecule has 1 aliphatic heterocycles. The van der Waals surface area contributed by atoms with Gasteiger partial charge in [-0.15, -0.1) is 0 Å². The summed E-state index contributed by atoms with van der Waals surface area (Å²) >= 11 is 0. The fraction of sp³-hybridized carbons (Fsp3) is 1.00. The Morgan fingerprint density at radius 2 is 1.94 bits per heavy atom. The molecule has 1 heterocycles. The number of likely N-dealkylation sites (N-methyl/N-ethyl adjacent to an activating group) is 1. The number of rotatable bonds is 2. The van der Waals surface area contributed by atoms with Crippen molar-refractivity contribution in [3.05, 3.63) is 0 Å². The fourth-order valence-corrected chi connectivity index (χ4v) is 3.50. The van der Waals surface area contributed by atoms with Gasteiger partial charge in [0.25, 0.3) is 0 Å². The number of hydrogen-bond acceptors (Lipinski definition) is 3. The van der Waals surface area contributed by atoms with Gasteiger partial charge in [-0.2, -0.15) is 0 Å². The van der Waals surface area contributed by atoms with Crippen LogP contribution in [0.25, 0.3) is 0 Å². The Bertz CT molecular complexity index is 224. The minimum Gasteiger partial charge on any atom is -0.379 e. The standard InChI is InChI=1S/C13H26N2O/c1-13(2)6-4-5-11(12(13)14-3)15-7-9-16-10-8-15/h11-12,14H,4-10H2,1-3H3. The van der Waals surface area contributed by atoms with Gasteiger partial charge in [-0.25, -0.2) is 0 Å². The van der Waals surface area contributed by atoms with E-state index < -0.39 is 0 Å². The lowest BCUT2D eigenvalue weighted by Gasteiger charge is -2.49. The van der Waals surface area contributed by atoms with Crippen molar-refractivity contribution >= 4 is 0 Å². The second-order valence-corrected chi connectivity index (χ2v) is 5.86. The van der Waals surface area contributed by atoms with Crippen LogP contribution in [0.5, 0.6) is 0 Å². The first-order valence-corrected chi connectivity index (χ1v) is 6.64. The molecule has 1 saturated carbocycles. The van der Waals surface area contributed by atoms with E-state index in [-0.39, 0.29) is 0 Å². The molecule has 94 valence electrons. The first-order valence-electron chi connectivity index (χ1n) is 6.64. The van der Waals surface area contributed by atoms with Crippen molar-refractivity contribution in [1.29, 1.82) is 0 Å². The van der Waals surface area contributed by atoms with Crippen LogP contribution in [0.4, 0.5) is 0 Å². The van der Waals surface area contributed by atoms with Crippen LogP contribution in [-0.4, -0.2) is 50.3 Å². The summed E-state index contributed by atoms with van der Waals surface area (Å²) < 4.78 is 5.45. The maximum absolute atomic E-state index is 5.45. The summed E-state index contributed by atoms with van der Waals surface area (Å²) in [7, 11) is 2.12. The highest BCUT2D eigenvalue weighted by Gasteiger charge is 2.40. The monoisotopic (exact) mass is 226 g/mol. The third-order valence-electron chi connectivity index (χ3n) is 4.37. The molecule has 3 heteroatoms. The van der Waals surface area contributed by atoms with Crippen LogP contribution in [0.2, 0.25) is 0 Å². The van der Waals surface area contributed by atoms with Crippen molar-refractivity contribution in [1.82, 2.24) is 10.2 Å². The molecule has 2 atom stereocenters. The van der Waals surface area contributed by atoms with Gasteiger partial charge in [0.15, 0.2) is 0 Å². The average Bonchev–Trinajstić information content (AvgIpc) is 2.28. The molecule has 1 aliphatic carbocycles. The van der Waals surface area contributed by atoms with Crippen molar-refractivity contribution in [2.45, 2.75) is 45.2 Å². The van der Waals surface area contributed by atoms with Crippen molar-refractivity contribution in [2.75, 3.05) is 33.4 Å². The first-order chi connectivity index (χ1) is 7.65. The maximum atomic E-state index is 5.45. The third kappa shape index (κ3) is 2.41. The molecule has 0 amide bonds. The van der Waals surface area contributed by atoms with Crippen molar-refractivity contribution in [2.24, 2.45) is 5.41 Å². The van der Waals surface area contributed by atoms with Crippen LogP contribution in [0.3, 0.4) is 0 Å². The Balaban J connectivity index is 2.05. The van der Waals surface area contributed by atoms with Crippen molar-refractivity contribution in [3.63, 3.8) is 0 Å². The molecule has 0 spiro atoms. The summed E-state index contributed by atoms with van der Waals surface area (Å²) in [5.74, 6) is 0. The SMILES string of the molecule is CNC1C(N2CCOCC2)CCCC1(C)C. The number of nitrogens with one attached hydrogen (secondary N) is 1. The quantitative estimate of drug-likeness (QED) is 0.772.